The quantitative estimate of drug-likeness (QED) is 0.535. The van der Waals surface area contributed by atoms with Crippen molar-refractivity contribution in [1.82, 2.24) is 9.97 Å². The maximum Gasteiger partial charge on any atom is 0.418 e. The fourth-order valence-corrected chi connectivity index (χ4v) is 4.79. The molecule has 190 valence electrons. The van der Waals surface area contributed by atoms with Gasteiger partial charge in [0, 0.05) is 49.8 Å². The third-order valence-corrected chi connectivity index (χ3v) is 7.26. The summed E-state index contributed by atoms with van der Waals surface area (Å²) >= 11 is 0. The van der Waals surface area contributed by atoms with Crippen LogP contribution in [-0.4, -0.2) is 45.4 Å². The molecule has 3 heterocycles. The van der Waals surface area contributed by atoms with Gasteiger partial charge in [-0.25, -0.2) is 27.7 Å². The number of pyridine rings is 2. The number of halogens is 5. The second kappa shape index (κ2) is 8.68. The van der Waals surface area contributed by atoms with E-state index in [1.807, 2.05) is 0 Å². The van der Waals surface area contributed by atoms with E-state index < -0.39 is 51.6 Å². The Morgan fingerprint density at radius 3 is 2.54 bits per heavy atom. The molecule has 0 radical (unpaired) electrons. The van der Waals surface area contributed by atoms with Crippen molar-refractivity contribution in [2.24, 2.45) is 5.92 Å². The summed E-state index contributed by atoms with van der Waals surface area (Å²) in [5.74, 6) is -5.49. The van der Waals surface area contributed by atoms with Crippen LogP contribution in [-0.2, 0) is 15.9 Å². The van der Waals surface area contributed by atoms with Crippen LogP contribution in [0.25, 0.3) is 0 Å². The molecule has 2 aromatic rings. The normalized spacial score (nSPS) is 21.9. The highest BCUT2D eigenvalue weighted by Gasteiger charge is 2.45. The summed E-state index contributed by atoms with van der Waals surface area (Å²) in [6.45, 7) is 1.00. The minimum atomic E-state index is -4.76. The predicted molar refractivity (Wildman–Crippen MR) is 119 cm³/mol. The molecule has 1 aliphatic heterocycles. The van der Waals surface area contributed by atoms with Gasteiger partial charge < -0.3 is 10.2 Å². The van der Waals surface area contributed by atoms with Crippen molar-refractivity contribution >= 4 is 27.1 Å². The second-order valence-electron chi connectivity index (χ2n) is 9.09. The Labute approximate surface area is 199 Å². The number of anilines is 2. The van der Waals surface area contributed by atoms with Crippen LogP contribution in [0.5, 0.6) is 0 Å². The first-order valence-corrected chi connectivity index (χ1v) is 12.9. The smallest absolute Gasteiger partial charge is 0.355 e. The van der Waals surface area contributed by atoms with Gasteiger partial charge in [-0.2, -0.15) is 13.2 Å². The third-order valence-electron chi connectivity index (χ3n) is 6.24. The minimum absolute atomic E-state index is 0.0752. The molecule has 4 rings (SSSR count). The Kier molecular flexibility index (Phi) is 6.27. The van der Waals surface area contributed by atoms with Crippen molar-refractivity contribution in [1.29, 1.82) is 4.78 Å². The molecule has 0 bridgehead atoms. The van der Waals surface area contributed by atoms with E-state index in [-0.39, 0.29) is 40.7 Å². The Morgan fingerprint density at radius 2 is 1.97 bits per heavy atom. The molecule has 1 amide bonds. The number of amides is 1. The lowest BCUT2D eigenvalue weighted by atomic mass is 9.93. The van der Waals surface area contributed by atoms with Crippen molar-refractivity contribution in [3.63, 3.8) is 0 Å². The van der Waals surface area contributed by atoms with Crippen molar-refractivity contribution < 1.29 is 31.0 Å². The molecule has 0 aromatic carbocycles. The summed E-state index contributed by atoms with van der Waals surface area (Å²) in [5.41, 5.74) is -1.44. The highest BCUT2D eigenvalue weighted by Crippen LogP contribution is 2.49. The highest BCUT2D eigenvalue weighted by molar-refractivity contribution is 7.91. The monoisotopic (exact) mass is 517 g/mol. The second-order valence-corrected chi connectivity index (χ2v) is 11.2. The molecule has 1 saturated carbocycles. The van der Waals surface area contributed by atoms with Crippen LogP contribution in [0.3, 0.4) is 0 Å². The number of alkyl halides is 5. The number of carbonyl (C=O) groups is 1. The molecule has 2 aliphatic rings. The van der Waals surface area contributed by atoms with Crippen molar-refractivity contribution in [2.45, 2.75) is 49.2 Å². The standard InChI is InChI=1S/C22H24F5N5O2S/c1-12-11-32(8-6-21(12,23)24)19-18(17(13-3-4-13)15(10-30-19)22(25,26)27)20(33)31-14-5-7-29-16(9-14)35(2,28)34/h5,7,9-10,12-13,28H,3-4,6,8,11H2,1-2H3,(H,29,31,33)/t12-,35?/m0/s1. The summed E-state index contributed by atoms with van der Waals surface area (Å²) in [5, 5.41) is 2.40. The van der Waals surface area contributed by atoms with Gasteiger partial charge in [0.1, 0.15) is 10.8 Å². The number of nitrogens with one attached hydrogen (secondary N) is 2. The molecule has 7 nitrogen and oxygen atoms in total. The maximum absolute atomic E-state index is 14.1. The molecule has 2 N–H and O–H groups in total. The SMILES string of the molecule is C[C@H]1CN(c2ncc(C(F)(F)F)c(C3CC3)c2C(=O)Nc2ccnc(S(C)(=N)=O)c2)CCC1(F)F. The van der Waals surface area contributed by atoms with E-state index in [1.54, 1.807) is 0 Å². The largest absolute Gasteiger partial charge is 0.418 e. The first-order valence-electron chi connectivity index (χ1n) is 10.9. The topological polar surface area (TPSA) is 99.0 Å². The number of hydrogen-bond donors (Lipinski definition) is 2. The Bertz CT molecular complexity index is 1260. The zero-order valence-electron chi connectivity index (χ0n) is 19.0. The van der Waals surface area contributed by atoms with Gasteiger partial charge in [0.2, 0.25) is 0 Å². The molecule has 0 spiro atoms. The Morgan fingerprint density at radius 1 is 1.29 bits per heavy atom. The van der Waals surface area contributed by atoms with Gasteiger partial charge in [0.05, 0.1) is 20.9 Å². The van der Waals surface area contributed by atoms with Crippen LogP contribution in [0.15, 0.2) is 29.6 Å². The molecule has 2 aromatic heterocycles. The van der Waals surface area contributed by atoms with Crippen LogP contribution in [0, 0.1) is 10.7 Å². The van der Waals surface area contributed by atoms with Crippen LogP contribution in [0.2, 0.25) is 0 Å². The highest BCUT2D eigenvalue weighted by atomic mass is 32.2. The van der Waals surface area contributed by atoms with Crippen molar-refractivity contribution in [3.8, 4) is 0 Å². The van der Waals surface area contributed by atoms with E-state index in [4.69, 9.17) is 4.78 Å². The van der Waals surface area contributed by atoms with E-state index in [1.165, 1.54) is 30.2 Å². The number of hydrogen-bond acceptors (Lipinski definition) is 6. The summed E-state index contributed by atoms with van der Waals surface area (Å²) in [7, 11) is -3.21. The summed E-state index contributed by atoms with van der Waals surface area (Å²) in [4.78, 5) is 22.7. The minimum Gasteiger partial charge on any atom is -0.355 e. The van der Waals surface area contributed by atoms with Gasteiger partial charge in [0.15, 0.2) is 0 Å². The molecule has 1 unspecified atom stereocenters. The van der Waals surface area contributed by atoms with Crippen LogP contribution < -0.4 is 10.2 Å². The van der Waals surface area contributed by atoms with E-state index in [2.05, 4.69) is 15.3 Å². The average molecular weight is 518 g/mol. The third kappa shape index (κ3) is 5.24. The Balaban J connectivity index is 1.81. The Hall–Kier alpha value is -2.83. The van der Waals surface area contributed by atoms with Gasteiger partial charge in [-0.3, -0.25) is 4.79 Å². The lowest BCUT2D eigenvalue weighted by molar-refractivity contribution is -0.138. The number of rotatable bonds is 5. The van der Waals surface area contributed by atoms with Crippen molar-refractivity contribution in [2.75, 3.05) is 29.6 Å². The molecular weight excluding hydrogens is 493 g/mol. The number of piperidine rings is 1. The van der Waals surface area contributed by atoms with Crippen LogP contribution in [0.4, 0.5) is 33.5 Å². The lowest BCUT2D eigenvalue weighted by Crippen LogP contribution is -2.47. The molecule has 35 heavy (non-hydrogen) atoms. The summed E-state index contributed by atoms with van der Waals surface area (Å²) < 4.78 is 89.5. The zero-order valence-corrected chi connectivity index (χ0v) is 19.8. The number of nitrogens with zero attached hydrogens (tertiary/aromatic N) is 3. The number of carbonyl (C=O) groups excluding carboxylic acids is 1. The van der Waals surface area contributed by atoms with Gasteiger partial charge in [-0.05, 0) is 36.5 Å². The fraction of sp³-hybridized carbons (Fsp3) is 0.500. The van der Waals surface area contributed by atoms with E-state index in [9.17, 15) is 31.0 Å². The first kappa shape index (κ1) is 25.3. The average Bonchev–Trinajstić information content (AvgIpc) is 3.59. The molecule has 13 heteroatoms. The van der Waals surface area contributed by atoms with Gasteiger partial charge in [-0.1, -0.05) is 6.92 Å². The molecule has 1 aliphatic carbocycles. The maximum atomic E-state index is 14.1. The lowest BCUT2D eigenvalue weighted by Gasteiger charge is -2.38. The molecule has 1 saturated heterocycles. The first-order chi connectivity index (χ1) is 16.2. The fourth-order valence-electron chi connectivity index (χ4n) is 4.17. The molecular formula is C22H24F5N5O2S. The molecule has 2 fully saturated rings. The van der Waals surface area contributed by atoms with E-state index in [0.29, 0.717) is 19.0 Å². The van der Waals surface area contributed by atoms with E-state index >= 15 is 0 Å². The van der Waals surface area contributed by atoms with E-state index in [0.717, 1.165) is 6.26 Å². The van der Waals surface area contributed by atoms with Gasteiger partial charge in [0.25, 0.3) is 11.8 Å². The van der Waals surface area contributed by atoms with Gasteiger partial charge in [-0.15, -0.1) is 0 Å². The van der Waals surface area contributed by atoms with Crippen LogP contribution >= 0.6 is 0 Å². The van der Waals surface area contributed by atoms with Crippen LogP contribution in [0.1, 0.15) is 53.6 Å². The number of aromatic nitrogens is 2. The van der Waals surface area contributed by atoms with Gasteiger partial charge >= 0.3 is 6.18 Å². The molecule has 2 atom stereocenters. The van der Waals surface area contributed by atoms with Crippen molar-refractivity contribution in [3.05, 3.63) is 41.2 Å². The predicted octanol–water partition coefficient (Wildman–Crippen LogP) is 5.14. The summed E-state index contributed by atoms with van der Waals surface area (Å²) in [6, 6.07) is 2.57. The summed E-state index contributed by atoms with van der Waals surface area (Å²) in [6.07, 6.45) is -1.32. The zero-order chi connectivity index (χ0) is 25.8.